The van der Waals surface area contributed by atoms with Gasteiger partial charge < -0.3 is 30.0 Å². The van der Waals surface area contributed by atoms with E-state index in [9.17, 15) is 24.3 Å². The first-order chi connectivity index (χ1) is 26.2. The number of aliphatic hydroxyl groups is 1. The number of benzene rings is 2. The molecule has 2 amide bonds. The van der Waals surface area contributed by atoms with Crippen LogP contribution >= 0.6 is 11.6 Å². The Balaban J connectivity index is 0.000000216. The molecule has 2 aliphatic heterocycles. The first-order valence-electron chi connectivity index (χ1n) is 19.9. The van der Waals surface area contributed by atoms with Crippen LogP contribution in [0.3, 0.4) is 0 Å². The molecule has 11 heteroatoms. The Bertz CT molecular complexity index is 1830. The van der Waals surface area contributed by atoms with Crippen molar-refractivity contribution in [1.29, 1.82) is 0 Å². The van der Waals surface area contributed by atoms with Gasteiger partial charge >= 0.3 is 11.6 Å². The monoisotopic (exact) mass is 778 g/mol. The van der Waals surface area contributed by atoms with E-state index in [4.69, 9.17) is 21.1 Å². The van der Waals surface area contributed by atoms with E-state index in [0.717, 1.165) is 110 Å². The third kappa shape index (κ3) is 9.74. The molecule has 10 nitrogen and oxygen atoms in total. The second-order valence-corrected chi connectivity index (χ2v) is 15.3. The van der Waals surface area contributed by atoms with E-state index in [1.165, 1.54) is 12.0 Å². The number of amides is 2. The third-order valence-corrected chi connectivity index (χ3v) is 11.1. The second kappa shape index (κ2) is 19.0. The van der Waals surface area contributed by atoms with Crippen LogP contribution in [-0.2, 0) is 36.6 Å². The topological polar surface area (TPSA) is 140 Å². The van der Waals surface area contributed by atoms with Crippen molar-refractivity contribution in [3.63, 3.8) is 0 Å². The zero-order valence-corrected chi connectivity index (χ0v) is 34.6. The molecule has 0 atom stereocenters. The van der Waals surface area contributed by atoms with E-state index in [2.05, 4.69) is 67.3 Å². The maximum absolute atomic E-state index is 13.1. The molecule has 2 spiro atoms. The minimum absolute atomic E-state index is 0.110. The lowest BCUT2D eigenvalue weighted by Gasteiger charge is -2.34. The molecule has 3 N–H and O–H groups in total. The van der Waals surface area contributed by atoms with Gasteiger partial charge in [-0.3, -0.25) is 9.59 Å². The van der Waals surface area contributed by atoms with Gasteiger partial charge in [-0.05, 0) is 113 Å². The lowest BCUT2D eigenvalue weighted by Crippen LogP contribution is -2.46. The highest BCUT2D eigenvalue weighted by atomic mass is 35.5. The summed E-state index contributed by atoms with van der Waals surface area (Å²) in [5.41, 5.74) is 7.68. The van der Waals surface area contributed by atoms with Gasteiger partial charge in [0, 0.05) is 11.6 Å². The number of aliphatic hydroxyl groups excluding tert-OH is 1. The largest absolute Gasteiger partial charge is 0.513 e. The van der Waals surface area contributed by atoms with E-state index in [0.29, 0.717) is 23.5 Å². The summed E-state index contributed by atoms with van der Waals surface area (Å²) in [6, 6.07) is 8.40. The molecule has 0 aromatic heterocycles. The number of hydrogen-bond donors (Lipinski definition) is 3. The molecule has 2 saturated carbocycles. The number of carbonyl (C=O) groups excluding carboxylic acids is 4. The number of hydrogen-bond acceptors (Lipinski definition) is 8. The molecule has 2 heterocycles. The van der Waals surface area contributed by atoms with E-state index in [-0.39, 0.29) is 24.2 Å². The summed E-state index contributed by atoms with van der Waals surface area (Å²) in [7, 11) is 0. The number of carbonyl (C=O) groups is 4. The minimum atomic E-state index is -0.741. The first kappa shape index (κ1) is 43.4. The number of halogens is 1. The first-order valence-corrected chi connectivity index (χ1v) is 20.3. The number of rotatable bonds is 7. The molecule has 2 aliphatic carbocycles. The van der Waals surface area contributed by atoms with Crippen molar-refractivity contribution in [2.75, 3.05) is 13.2 Å². The Hall–Kier alpha value is -4.31. The quantitative estimate of drug-likeness (QED) is 0.186. The van der Waals surface area contributed by atoms with Crippen molar-refractivity contribution in [1.82, 2.24) is 10.6 Å². The van der Waals surface area contributed by atoms with Crippen LogP contribution in [0.4, 0.5) is 9.59 Å². The lowest BCUT2D eigenvalue weighted by atomic mass is 9.80. The number of nitrogens with one attached hydrogen (secondary N) is 2. The molecular weight excluding hydrogens is 720 g/mol. The van der Waals surface area contributed by atoms with Gasteiger partial charge in [-0.15, -0.1) is 0 Å². The van der Waals surface area contributed by atoms with Crippen molar-refractivity contribution >= 4 is 46.1 Å². The molecule has 0 bridgehead atoms. The molecule has 6 rings (SSSR count). The fourth-order valence-corrected chi connectivity index (χ4v) is 8.83. The van der Waals surface area contributed by atoms with Gasteiger partial charge in [-0.25, -0.2) is 9.59 Å². The smallest absolute Gasteiger partial charge is 0.509 e. The highest BCUT2D eigenvalue weighted by Gasteiger charge is 2.50. The molecule has 2 aromatic carbocycles. The van der Waals surface area contributed by atoms with Crippen molar-refractivity contribution in [3.05, 3.63) is 80.3 Å². The van der Waals surface area contributed by atoms with E-state index in [1.807, 2.05) is 13.8 Å². The summed E-state index contributed by atoms with van der Waals surface area (Å²) in [5.74, 6) is 0.463. The third-order valence-electron chi connectivity index (χ3n) is 11.0. The second-order valence-electron chi connectivity index (χ2n) is 15.0. The number of aryl methyl sites for hydroxylation is 6. The standard InChI is InChI=1S/C22H29NO4.C19H25NO2.C3H5ClO2/c1-5-16-13-14(3)12-15(4)17(16)18-19(27-21(25)26-6-2)22(23-20(18)24)10-8-7-9-11-22;1-4-14-11-12(2)10-13(3)15(14)16-17(21)19(20-18(16)22)8-6-5-7-9-19;1-2-6-3(4)5/h12-13H,5-11H2,1-4H3,(H,23,24);10-11,21H,4-9H2,1-3H3,(H,20,22);2H2,1H3. The molecule has 2 fully saturated rings. The van der Waals surface area contributed by atoms with Gasteiger partial charge in [0.05, 0.1) is 35.4 Å². The number of ether oxygens (including phenoxy) is 3. The van der Waals surface area contributed by atoms with E-state index < -0.39 is 22.7 Å². The fourth-order valence-electron chi connectivity index (χ4n) is 8.73. The summed E-state index contributed by atoms with van der Waals surface area (Å²) in [5, 5.41) is 17.2. The molecule has 0 radical (unpaired) electrons. The average molecular weight is 779 g/mol. The zero-order valence-electron chi connectivity index (χ0n) is 33.9. The molecule has 4 aliphatic rings. The van der Waals surface area contributed by atoms with Gasteiger partial charge in [0.25, 0.3) is 11.8 Å². The average Bonchev–Trinajstić information content (AvgIpc) is 3.51. The molecule has 0 saturated heterocycles. The zero-order chi connectivity index (χ0) is 40.5. The van der Waals surface area contributed by atoms with Crippen molar-refractivity contribution in [2.45, 2.75) is 144 Å². The maximum Gasteiger partial charge on any atom is 0.513 e. The normalized spacial score (nSPS) is 18.2. The van der Waals surface area contributed by atoms with Crippen LogP contribution in [0.1, 0.15) is 136 Å². The predicted molar refractivity (Wildman–Crippen MR) is 216 cm³/mol. The van der Waals surface area contributed by atoms with Crippen LogP contribution in [-0.4, -0.2) is 52.8 Å². The van der Waals surface area contributed by atoms with Crippen LogP contribution < -0.4 is 10.6 Å². The van der Waals surface area contributed by atoms with Gasteiger partial charge in [0.1, 0.15) is 11.5 Å². The summed E-state index contributed by atoms with van der Waals surface area (Å²) in [6.45, 7) is 16.4. The van der Waals surface area contributed by atoms with E-state index in [1.54, 1.807) is 13.8 Å². The van der Waals surface area contributed by atoms with Gasteiger partial charge in [0.15, 0.2) is 0 Å². The molecular formula is C44H59ClN2O8. The van der Waals surface area contributed by atoms with Gasteiger partial charge in [-0.2, -0.15) is 0 Å². The molecule has 55 heavy (non-hydrogen) atoms. The summed E-state index contributed by atoms with van der Waals surface area (Å²) < 4.78 is 14.9. The van der Waals surface area contributed by atoms with Gasteiger partial charge in [0.2, 0.25) is 0 Å². The van der Waals surface area contributed by atoms with Crippen LogP contribution in [0, 0.1) is 27.7 Å². The van der Waals surface area contributed by atoms with Crippen LogP contribution in [0.25, 0.3) is 11.1 Å². The Morgan fingerprint density at radius 3 is 1.55 bits per heavy atom. The maximum atomic E-state index is 13.1. The minimum Gasteiger partial charge on any atom is -0.509 e. The highest BCUT2D eigenvalue weighted by molar-refractivity contribution is 6.61. The summed E-state index contributed by atoms with van der Waals surface area (Å²) in [4.78, 5) is 47.5. The predicted octanol–water partition coefficient (Wildman–Crippen LogP) is 9.93. The van der Waals surface area contributed by atoms with Crippen LogP contribution in [0.15, 0.2) is 35.8 Å². The molecule has 0 unspecified atom stereocenters. The Kier molecular flexibility index (Phi) is 15.0. The van der Waals surface area contributed by atoms with Crippen molar-refractivity contribution in [3.8, 4) is 0 Å². The summed E-state index contributed by atoms with van der Waals surface area (Å²) >= 11 is 4.72. The Labute approximate surface area is 331 Å². The van der Waals surface area contributed by atoms with Crippen LogP contribution in [0.2, 0.25) is 0 Å². The lowest BCUT2D eigenvalue weighted by molar-refractivity contribution is -0.117. The molecule has 300 valence electrons. The Morgan fingerprint density at radius 2 is 1.11 bits per heavy atom. The van der Waals surface area contributed by atoms with Crippen LogP contribution in [0.5, 0.6) is 0 Å². The van der Waals surface area contributed by atoms with Crippen molar-refractivity contribution in [2.24, 2.45) is 0 Å². The van der Waals surface area contributed by atoms with E-state index >= 15 is 0 Å². The fraction of sp³-hybridized carbons (Fsp3) is 0.545. The highest BCUT2D eigenvalue weighted by Crippen LogP contribution is 2.45. The Morgan fingerprint density at radius 1 is 0.673 bits per heavy atom. The summed E-state index contributed by atoms with van der Waals surface area (Å²) in [6.07, 6.45) is 10.6. The van der Waals surface area contributed by atoms with Crippen molar-refractivity contribution < 1.29 is 38.5 Å². The van der Waals surface area contributed by atoms with Gasteiger partial charge in [-0.1, -0.05) is 87.8 Å². The molecule has 2 aromatic rings. The SMILES string of the molecule is CCOC(=O)Cl.CCOC(=O)OC1=C(c2c(C)cc(C)cc2CC)C(=O)NC12CCCCC2.CCc1cc(C)cc(C)c1C1=C(O)C2(CCCCC2)NC1=O.